The summed E-state index contributed by atoms with van der Waals surface area (Å²) in [5, 5.41) is 4.25. The molecule has 1 radical (unpaired) electrons. The van der Waals surface area contributed by atoms with E-state index in [0.717, 1.165) is 35.4 Å². The fourth-order valence-corrected chi connectivity index (χ4v) is 5.13. The van der Waals surface area contributed by atoms with Crippen molar-refractivity contribution in [1.82, 2.24) is 15.9 Å². The van der Waals surface area contributed by atoms with Gasteiger partial charge in [0.25, 0.3) is 5.89 Å². The van der Waals surface area contributed by atoms with Crippen LogP contribution in [0.15, 0.2) is 77.3 Å². The van der Waals surface area contributed by atoms with E-state index in [4.69, 9.17) is 15.2 Å². The van der Waals surface area contributed by atoms with Gasteiger partial charge < -0.3 is 4.52 Å². The van der Waals surface area contributed by atoms with E-state index in [2.05, 4.69) is 73.6 Å². The second-order valence-corrected chi connectivity index (χ2v) is 10.4. The molecule has 1 atom stereocenters. The van der Waals surface area contributed by atoms with E-state index in [1.807, 2.05) is 18.2 Å². The van der Waals surface area contributed by atoms with Crippen LogP contribution in [0.3, 0.4) is 0 Å². The molecule has 4 rings (SSSR count). The molecule has 4 nitrogen and oxygen atoms in total. The lowest BCUT2D eigenvalue weighted by Crippen LogP contribution is -2.02. The van der Waals surface area contributed by atoms with Crippen LogP contribution < -0.4 is 5.73 Å². The van der Waals surface area contributed by atoms with E-state index in [9.17, 15) is 0 Å². The third kappa shape index (κ3) is 7.64. The molecule has 38 heavy (non-hydrogen) atoms. The molecule has 0 aliphatic heterocycles. The number of unbranched alkanes of at least 4 members (excludes halogenated alkanes) is 8. The maximum atomic E-state index is 8.08. The van der Waals surface area contributed by atoms with Crippen LogP contribution in [0, 0.1) is 0 Å². The zero-order chi connectivity index (χ0) is 26.6. The Morgan fingerprint density at radius 3 is 2.05 bits per heavy atom. The predicted octanol–water partition coefficient (Wildman–Crippen LogP) is 9.41. The van der Waals surface area contributed by atoms with Gasteiger partial charge in [0.15, 0.2) is 5.82 Å². The molecule has 3 aromatic carbocycles. The van der Waals surface area contributed by atoms with Crippen LogP contribution in [0.4, 0.5) is 0 Å². The minimum absolute atomic E-state index is 0.157. The Morgan fingerprint density at radius 2 is 1.37 bits per heavy atom. The molecule has 0 aliphatic carbocycles. The van der Waals surface area contributed by atoms with Crippen molar-refractivity contribution in [1.29, 1.82) is 0 Å². The molecule has 0 fully saturated rings. The van der Waals surface area contributed by atoms with Gasteiger partial charge in [0.2, 0.25) is 0 Å². The molecule has 0 saturated carbocycles. The monoisotopic (exact) mass is 508 g/mol. The number of aryl methyl sites for hydroxylation is 1. The highest BCUT2D eigenvalue weighted by Gasteiger charge is 2.17. The van der Waals surface area contributed by atoms with Crippen LogP contribution in [-0.4, -0.2) is 10.1 Å². The average Bonchev–Trinajstić information content (AvgIpc) is 3.45. The van der Waals surface area contributed by atoms with Gasteiger partial charge in [-0.3, -0.25) is 5.73 Å². The van der Waals surface area contributed by atoms with E-state index in [1.165, 1.54) is 68.1 Å². The first-order valence-electron chi connectivity index (χ1n) is 14.5. The Hall–Kier alpha value is -3.24. The topological polar surface area (TPSA) is 62.7 Å². The number of rotatable bonds is 15. The summed E-state index contributed by atoms with van der Waals surface area (Å²) in [6.07, 6.45) is 12.6. The second kappa shape index (κ2) is 14.6. The highest BCUT2D eigenvalue weighted by Crippen LogP contribution is 2.32. The molecule has 0 aliphatic rings. The fraction of sp³-hybridized carbons (Fsp3) is 0.412. The van der Waals surface area contributed by atoms with E-state index in [-0.39, 0.29) is 12.5 Å². The first-order chi connectivity index (χ1) is 18.7. The number of nitrogens with zero attached hydrogens (tertiary/aromatic N) is 2. The lowest BCUT2D eigenvalue weighted by molar-refractivity contribution is 0.420. The largest absolute Gasteiger partial charge is 0.334 e. The summed E-state index contributed by atoms with van der Waals surface area (Å²) in [5.41, 5.74) is 14.8. The third-order valence-electron chi connectivity index (χ3n) is 7.54. The first kappa shape index (κ1) is 27.8. The van der Waals surface area contributed by atoms with Gasteiger partial charge in [-0.15, -0.1) is 0 Å². The molecule has 0 saturated heterocycles. The number of hydrogen-bond donors (Lipinski definition) is 0. The standard InChI is InChI=1S/C34H42N3O/c1-3-4-5-6-7-8-9-10-14-17-33-36-34(38-37-33)30-22-23-31(25-35)32(24-30)26(2)27-18-20-29(21-19-27)28-15-12-11-13-16-28/h11-13,15-16,18-24,26,35H,3-10,14,17,25H2,1-2H3. The van der Waals surface area contributed by atoms with Crippen LogP contribution in [-0.2, 0) is 13.0 Å². The van der Waals surface area contributed by atoms with Crippen molar-refractivity contribution in [2.75, 3.05) is 0 Å². The summed E-state index contributed by atoms with van der Waals surface area (Å²) in [7, 11) is 0. The summed E-state index contributed by atoms with van der Waals surface area (Å²) < 4.78 is 5.65. The van der Waals surface area contributed by atoms with E-state index < -0.39 is 0 Å². The normalized spacial score (nSPS) is 12.1. The van der Waals surface area contributed by atoms with Gasteiger partial charge in [0.1, 0.15) is 0 Å². The minimum Gasteiger partial charge on any atom is -0.334 e. The van der Waals surface area contributed by atoms with Crippen molar-refractivity contribution in [3.05, 3.63) is 95.3 Å². The molecule has 0 bridgehead atoms. The van der Waals surface area contributed by atoms with Crippen molar-refractivity contribution in [3.8, 4) is 22.6 Å². The average molecular weight is 509 g/mol. The molecule has 4 aromatic rings. The number of aromatic nitrogens is 2. The smallest absolute Gasteiger partial charge is 0.257 e. The first-order valence-corrected chi connectivity index (χ1v) is 14.5. The van der Waals surface area contributed by atoms with E-state index in [1.54, 1.807) is 0 Å². The summed E-state index contributed by atoms with van der Waals surface area (Å²) in [6.45, 7) is 4.72. The Bertz CT molecular complexity index is 1230. The van der Waals surface area contributed by atoms with Gasteiger partial charge in [0.05, 0.1) is 0 Å². The lowest BCUT2D eigenvalue weighted by atomic mass is 9.87. The Balaban J connectivity index is 1.37. The molecule has 0 amide bonds. The van der Waals surface area contributed by atoms with Gasteiger partial charge in [-0.25, -0.2) is 0 Å². The van der Waals surface area contributed by atoms with Crippen LogP contribution in [0.5, 0.6) is 0 Å². The quantitative estimate of drug-likeness (QED) is 0.150. The Kier molecular flexibility index (Phi) is 10.7. The van der Waals surface area contributed by atoms with Crippen LogP contribution in [0.2, 0.25) is 0 Å². The minimum atomic E-state index is 0.157. The number of nitrogens with one attached hydrogen (secondary N) is 1. The lowest BCUT2D eigenvalue weighted by Gasteiger charge is -2.17. The van der Waals surface area contributed by atoms with Gasteiger partial charge in [-0.1, -0.05) is 131 Å². The maximum Gasteiger partial charge on any atom is 0.257 e. The number of hydrogen-bond acceptors (Lipinski definition) is 3. The molecule has 0 spiro atoms. The van der Waals surface area contributed by atoms with Crippen molar-refractivity contribution in [3.63, 3.8) is 0 Å². The van der Waals surface area contributed by atoms with Crippen molar-refractivity contribution >= 4 is 0 Å². The zero-order valence-electron chi connectivity index (χ0n) is 23.1. The summed E-state index contributed by atoms with van der Waals surface area (Å²) >= 11 is 0. The molecular weight excluding hydrogens is 466 g/mol. The zero-order valence-corrected chi connectivity index (χ0v) is 23.1. The summed E-state index contributed by atoms with van der Waals surface area (Å²) in [4.78, 5) is 4.70. The summed E-state index contributed by atoms with van der Waals surface area (Å²) in [6, 6.07) is 25.4. The molecule has 4 heteroatoms. The fourth-order valence-electron chi connectivity index (χ4n) is 5.13. The maximum absolute atomic E-state index is 8.08. The van der Waals surface area contributed by atoms with Crippen molar-refractivity contribution < 1.29 is 4.52 Å². The van der Waals surface area contributed by atoms with Gasteiger partial charge in [-0.2, -0.15) is 4.98 Å². The molecule has 1 heterocycles. The van der Waals surface area contributed by atoms with Gasteiger partial charge >= 0.3 is 0 Å². The van der Waals surface area contributed by atoms with Gasteiger partial charge in [0, 0.05) is 24.4 Å². The van der Waals surface area contributed by atoms with Crippen LogP contribution >= 0.6 is 0 Å². The number of benzene rings is 3. The van der Waals surface area contributed by atoms with Crippen molar-refractivity contribution in [2.45, 2.75) is 90.5 Å². The predicted molar refractivity (Wildman–Crippen MR) is 157 cm³/mol. The molecule has 199 valence electrons. The highest BCUT2D eigenvalue weighted by atomic mass is 16.5. The molecular formula is C34H42N3O. The Morgan fingerprint density at radius 1 is 0.737 bits per heavy atom. The van der Waals surface area contributed by atoms with Crippen LogP contribution in [0.1, 0.15) is 100 Å². The third-order valence-corrected chi connectivity index (χ3v) is 7.54. The van der Waals surface area contributed by atoms with E-state index >= 15 is 0 Å². The van der Waals surface area contributed by atoms with Gasteiger partial charge in [-0.05, 0) is 46.4 Å². The Labute approximate surface area is 228 Å². The molecule has 1 N–H and O–H groups in total. The molecule has 1 unspecified atom stereocenters. The van der Waals surface area contributed by atoms with Crippen molar-refractivity contribution in [2.24, 2.45) is 0 Å². The van der Waals surface area contributed by atoms with E-state index in [0.29, 0.717) is 5.89 Å². The highest BCUT2D eigenvalue weighted by molar-refractivity contribution is 5.64. The molecule has 1 aromatic heterocycles. The SMILES string of the molecule is CCCCCCCCCCCc1noc(-c2ccc(C[NH])c(C(C)c3ccc(-c4ccccc4)cc3)c2)n1. The second-order valence-electron chi connectivity index (χ2n) is 10.4. The van der Waals surface area contributed by atoms with Crippen LogP contribution in [0.25, 0.3) is 22.6 Å². The summed E-state index contributed by atoms with van der Waals surface area (Å²) in [5.74, 6) is 1.52.